The van der Waals surface area contributed by atoms with Crippen LogP contribution in [0.5, 0.6) is 0 Å². The molecule has 0 aromatic heterocycles. The lowest BCUT2D eigenvalue weighted by molar-refractivity contribution is -0.127. The summed E-state index contributed by atoms with van der Waals surface area (Å²) in [5.41, 5.74) is 4.06. The number of benzene rings is 3. The highest BCUT2D eigenvalue weighted by atomic mass is 16.2. The Morgan fingerprint density at radius 1 is 0.879 bits per heavy atom. The summed E-state index contributed by atoms with van der Waals surface area (Å²) < 4.78 is 0. The summed E-state index contributed by atoms with van der Waals surface area (Å²) in [7, 11) is 0. The number of nitriles is 1. The third-order valence-electron chi connectivity index (χ3n) is 6.38. The van der Waals surface area contributed by atoms with Gasteiger partial charge < -0.3 is 5.32 Å². The molecule has 1 aliphatic heterocycles. The van der Waals surface area contributed by atoms with Crippen LogP contribution < -0.4 is 5.32 Å². The van der Waals surface area contributed by atoms with Gasteiger partial charge in [-0.25, -0.2) is 0 Å². The summed E-state index contributed by atoms with van der Waals surface area (Å²) in [5.74, 6) is 0.0493. The number of amides is 1. The molecule has 0 radical (unpaired) electrons. The topological polar surface area (TPSA) is 59.4 Å². The van der Waals surface area contributed by atoms with Crippen molar-refractivity contribution in [2.75, 3.05) is 26.2 Å². The van der Waals surface area contributed by atoms with Gasteiger partial charge in [0, 0.05) is 32.7 Å². The lowest BCUT2D eigenvalue weighted by atomic mass is 9.98. The molecule has 168 valence electrons. The van der Waals surface area contributed by atoms with E-state index in [0.717, 1.165) is 43.9 Å². The highest BCUT2D eigenvalue weighted by Gasteiger charge is 2.27. The monoisotopic (exact) mass is 438 g/mol. The van der Waals surface area contributed by atoms with E-state index in [1.54, 1.807) is 0 Å². The second-order valence-electron chi connectivity index (χ2n) is 8.56. The SMILES string of the molecule is CC(C(=O)NC(c1ccccc1)c1ccccc1)N1CCN(Cc2ccc(C#N)cc2)CC1. The van der Waals surface area contributed by atoms with E-state index < -0.39 is 0 Å². The number of piperazine rings is 1. The molecule has 5 nitrogen and oxygen atoms in total. The van der Waals surface area contributed by atoms with E-state index in [9.17, 15) is 4.79 Å². The van der Waals surface area contributed by atoms with Crippen molar-refractivity contribution in [1.29, 1.82) is 5.26 Å². The smallest absolute Gasteiger partial charge is 0.237 e. The molecule has 3 aromatic rings. The Labute approximate surface area is 196 Å². The zero-order chi connectivity index (χ0) is 23.0. The third-order valence-corrected chi connectivity index (χ3v) is 6.38. The van der Waals surface area contributed by atoms with E-state index in [0.29, 0.717) is 5.56 Å². The normalized spacial score (nSPS) is 15.7. The minimum absolute atomic E-state index is 0.0493. The van der Waals surface area contributed by atoms with E-state index in [-0.39, 0.29) is 18.0 Å². The molecule has 1 atom stereocenters. The zero-order valence-corrected chi connectivity index (χ0v) is 19.0. The number of nitrogens with one attached hydrogen (secondary N) is 1. The van der Waals surface area contributed by atoms with Crippen molar-refractivity contribution < 1.29 is 4.79 Å². The van der Waals surface area contributed by atoms with Crippen LogP contribution in [-0.4, -0.2) is 47.9 Å². The molecule has 1 N–H and O–H groups in total. The number of carbonyl (C=O) groups is 1. The van der Waals surface area contributed by atoms with Gasteiger partial charge in [-0.1, -0.05) is 72.8 Å². The van der Waals surface area contributed by atoms with Gasteiger partial charge in [0.1, 0.15) is 0 Å². The second-order valence-corrected chi connectivity index (χ2v) is 8.56. The molecule has 0 saturated carbocycles. The van der Waals surface area contributed by atoms with Crippen LogP contribution in [0, 0.1) is 11.3 Å². The minimum Gasteiger partial charge on any atom is -0.344 e. The number of hydrogen-bond donors (Lipinski definition) is 1. The van der Waals surface area contributed by atoms with E-state index in [4.69, 9.17) is 5.26 Å². The summed E-state index contributed by atoms with van der Waals surface area (Å²) >= 11 is 0. The van der Waals surface area contributed by atoms with Gasteiger partial charge in [-0.05, 0) is 35.7 Å². The molecule has 0 bridgehead atoms. The van der Waals surface area contributed by atoms with Gasteiger partial charge in [-0.3, -0.25) is 14.6 Å². The molecule has 4 rings (SSSR count). The fourth-order valence-corrected chi connectivity index (χ4v) is 4.33. The molecule has 5 heteroatoms. The number of rotatable bonds is 7. The van der Waals surface area contributed by atoms with Crippen molar-refractivity contribution in [3.8, 4) is 6.07 Å². The van der Waals surface area contributed by atoms with Crippen molar-refractivity contribution in [2.24, 2.45) is 0 Å². The van der Waals surface area contributed by atoms with Crippen LogP contribution in [0.2, 0.25) is 0 Å². The lowest BCUT2D eigenvalue weighted by Crippen LogP contribution is -2.54. The number of carbonyl (C=O) groups excluding carboxylic acids is 1. The standard InChI is InChI=1S/C28H30N4O/c1-22(32-18-16-31(17-19-32)21-24-14-12-23(20-29)13-15-24)28(33)30-27(25-8-4-2-5-9-25)26-10-6-3-7-11-26/h2-15,22,27H,16-19,21H2,1H3,(H,30,33). The van der Waals surface area contributed by atoms with Gasteiger partial charge in [-0.15, -0.1) is 0 Å². The molecule has 33 heavy (non-hydrogen) atoms. The molecule has 1 saturated heterocycles. The van der Waals surface area contributed by atoms with Crippen LogP contribution in [0.1, 0.15) is 35.2 Å². The largest absolute Gasteiger partial charge is 0.344 e. The molecular formula is C28H30N4O. The Kier molecular flexibility index (Phi) is 7.51. The van der Waals surface area contributed by atoms with Gasteiger partial charge in [0.05, 0.1) is 23.7 Å². The second kappa shape index (κ2) is 10.9. The average Bonchev–Trinajstić information content (AvgIpc) is 2.88. The Hall–Kier alpha value is -3.46. The molecule has 1 fully saturated rings. The highest BCUT2D eigenvalue weighted by molar-refractivity contribution is 5.82. The summed E-state index contributed by atoms with van der Waals surface area (Å²) in [5, 5.41) is 12.2. The number of hydrogen-bond acceptors (Lipinski definition) is 4. The molecule has 1 unspecified atom stereocenters. The van der Waals surface area contributed by atoms with Gasteiger partial charge >= 0.3 is 0 Å². The van der Waals surface area contributed by atoms with E-state index in [1.165, 1.54) is 5.56 Å². The summed E-state index contributed by atoms with van der Waals surface area (Å²) in [6.45, 7) is 6.40. The average molecular weight is 439 g/mol. The maximum absolute atomic E-state index is 13.2. The molecule has 1 aliphatic rings. The third kappa shape index (κ3) is 5.87. The fraction of sp³-hybridized carbons (Fsp3) is 0.286. The summed E-state index contributed by atoms with van der Waals surface area (Å²) in [6.07, 6.45) is 0. The molecule has 1 amide bonds. The first-order valence-corrected chi connectivity index (χ1v) is 11.5. The Morgan fingerprint density at radius 3 is 1.94 bits per heavy atom. The van der Waals surface area contributed by atoms with Crippen LogP contribution in [0.25, 0.3) is 0 Å². The van der Waals surface area contributed by atoms with E-state index >= 15 is 0 Å². The fourth-order valence-electron chi connectivity index (χ4n) is 4.33. The van der Waals surface area contributed by atoms with Crippen molar-refractivity contribution in [1.82, 2.24) is 15.1 Å². The van der Waals surface area contributed by atoms with Crippen molar-refractivity contribution >= 4 is 5.91 Å². The lowest BCUT2D eigenvalue weighted by Gasteiger charge is -2.38. The zero-order valence-electron chi connectivity index (χ0n) is 19.0. The van der Waals surface area contributed by atoms with Crippen LogP contribution in [0.3, 0.4) is 0 Å². The van der Waals surface area contributed by atoms with Crippen LogP contribution in [0.4, 0.5) is 0 Å². The molecular weight excluding hydrogens is 408 g/mol. The Balaban J connectivity index is 1.35. The van der Waals surface area contributed by atoms with E-state index in [1.807, 2.05) is 67.6 Å². The molecule has 3 aromatic carbocycles. The van der Waals surface area contributed by atoms with Crippen molar-refractivity contribution in [3.05, 3.63) is 107 Å². The minimum atomic E-state index is -0.197. The molecule has 0 aliphatic carbocycles. The Morgan fingerprint density at radius 2 is 1.42 bits per heavy atom. The van der Waals surface area contributed by atoms with Crippen LogP contribution in [0.15, 0.2) is 84.9 Å². The quantitative estimate of drug-likeness (QED) is 0.606. The van der Waals surface area contributed by atoms with Crippen molar-refractivity contribution in [3.63, 3.8) is 0 Å². The van der Waals surface area contributed by atoms with Gasteiger partial charge in [0.2, 0.25) is 5.91 Å². The van der Waals surface area contributed by atoms with Crippen molar-refractivity contribution in [2.45, 2.75) is 25.6 Å². The molecule has 1 heterocycles. The highest BCUT2D eigenvalue weighted by Crippen LogP contribution is 2.22. The predicted molar refractivity (Wildman–Crippen MR) is 130 cm³/mol. The van der Waals surface area contributed by atoms with Gasteiger partial charge in [0.15, 0.2) is 0 Å². The first-order chi connectivity index (χ1) is 16.1. The first kappa shape index (κ1) is 22.7. The van der Waals surface area contributed by atoms with Crippen LogP contribution >= 0.6 is 0 Å². The summed E-state index contributed by atoms with van der Waals surface area (Å²) in [4.78, 5) is 17.9. The molecule has 0 spiro atoms. The number of nitrogens with zero attached hydrogens (tertiary/aromatic N) is 3. The van der Waals surface area contributed by atoms with Gasteiger partial charge in [-0.2, -0.15) is 5.26 Å². The maximum atomic E-state index is 13.2. The van der Waals surface area contributed by atoms with E-state index in [2.05, 4.69) is 45.5 Å². The predicted octanol–water partition coefficient (Wildman–Crippen LogP) is 3.97. The maximum Gasteiger partial charge on any atom is 0.237 e. The van der Waals surface area contributed by atoms with Crippen LogP contribution in [-0.2, 0) is 11.3 Å². The first-order valence-electron chi connectivity index (χ1n) is 11.5. The summed E-state index contributed by atoms with van der Waals surface area (Å²) in [6, 6.07) is 29.8. The Bertz CT molecular complexity index is 1030. The van der Waals surface area contributed by atoms with Gasteiger partial charge in [0.25, 0.3) is 0 Å².